The molecule has 1 saturated heterocycles. The highest BCUT2D eigenvalue weighted by molar-refractivity contribution is 5.78. The van der Waals surface area contributed by atoms with E-state index in [1.54, 1.807) is 12.4 Å². The summed E-state index contributed by atoms with van der Waals surface area (Å²) in [4.78, 5) is 28.4. The van der Waals surface area contributed by atoms with Crippen molar-refractivity contribution in [2.24, 2.45) is 0 Å². The van der Waals surface area contributed by atoms with Crippen LogP contribution in [0.15, 0.2) is 30.9 Å². The second kappa shape index (κ2) is 8.00. The average molecular weight is 343 g/mol. The number of anilines is 1. The first-order valence-electron chi connectivity index (χ1n) is 8.60. The number of halogens is 1. The molecule has 3 heterocycles. The first-order valence-corrected chi connectivity index (χ1v) is 8.60. The highest BCUT2D eigenvalue weighted by atomic mass is 19.1. The van der Waals surface area contributed by atoms with Gasteiger partial charge in [0.2, 0.25) is 5.91 Å². The van der Waals surface area contributed by atoms with Gasteiger partial charge in [-0.1, -0.05) is 13.0 Å². The maximum atomic E-state index is 14.5. The van der Waals surface area contributed by atoms with E-state index in [9.17, 15) is 9.18 Å². The largest absolute Gasteiger partial charge is 0.352 e. The van der Waals surface area contributed by atoms with Crippen LogP contribution in [-0.4, -0.2) is 51.9 Å². The number of pyridine rings is 1. The molecule has 2 aromatic heterocycles. The quantitative estimate of drug-likeness (QED) is 0.848. The zero-order chi connectivity index (χ0) is 17.6. The maximum absolute atomic E-state index is 14.5. The molecule has 0 spiro atoms. The molecule has 1 aliphatic heterocycles. The van der Waals surface area contributed by atoms with Gasteiger partial charge in [0.15, 0.2) is 11.6 Å². The molecule has 0 aromatic carbocycles. The lowest BCUT2D eigenvalue weighted by Crippen LogP contribution is -2.36. The van der Waals surface area contributed by atoms with Gasteiger partial charge in [-0.25, -0.2) is 14.4 Å². The minimum absolute atomic E-state index is 0.0762. The highest BCUT2D eigenvalue weighted by Gasteiger charge is 2.22. The number of carbonyl (C=O) groups is 1. The van der Waals surface area contributed by atoms with Crippen LogP contribution in [0.1, 0.15) is 24.6 Å². The smallest absolute Gasteiger partial charge is 0.227 e. The Kier molecular flexibility index (Phi) is 5.53. The molecule has 0 saturated carbocycles. The fourth-order valence-corrected chi connectivity index (χ4v) is 3.03. The van der Waals surface area contributed by atoms with Crippen LogP contribution in [0.4, 0.5) is 10.2 Å². The van der Waals surface area contributed by atoms with E-state index in [2.05, 4.69) is 15.0 Å². The van der Waals surface area contributed by atoms with Crippen LogP contribution in [0.5, 0.6) is 0 Å². The van der Waals surface area contributed by atoms with Crippen molar-refractivity contribution in [3.63, 3.8) is 0 Å². The Morgan fingerprint density at radius 3 is 2.88 bits per heavy atom. The Bertz CT molecular complexity index is 725. The van der Waals surface area contributed by atoms with Crippen LogP contribution in [0.2, 0.25) is 0 Å². The zero-order valence-corrected chi connectivity index (χ0v) is 14.4. The summed E-state index contributed by atoms with van der Waals surface area (Å²) in [7, 11) is 0. The van der Waals surface area contributed by atoms with Crippen molar-refractivity contribution in [1.82, 2.24) is 19.9 Å². The molecular weight excluding hydrogens is 321 g/mol. The second-order valence-electron chi connectivity index (χ2n) is 6.07. The molecule has 25 heavy (non-hydrogen) atoms. The molecule has 7 heteroatoms. The Balaban J connectivity index is 1.65. The molecule has 0 unspecified atom stereocenters. The van der Waals surface area contributed by atoms with Gasteiger partial charge in [-0.05, 0) is 24.5 Å². The summed E-state index contributed by atoms with van der Waals surface area (Å²) in [5.41, 5.74) is 1.33. The van der Waals surface area contributed by atoms with E-state index in [0.29, 0.717) is 50.5 Å². The molecule has 1 amide bonds. The van der Waals surface area contributed by atoms with Crippen LogP contribution >= 0.6 is 0 Å². The van der Waals surface area contributed by atoms with E-state index in [4.69, 9.17) is 0 Å². The molecule has 0 bridgehead atoms. The van der Waals surface area contributed by atoms with Crippen LogP contribution in [-0.2, 0) is 17.6 Å². The molecule has 1 fully saturated rings. The van der Waals surface area contributed by atoms with Gasteiger partial charge >= 0.3 is 0 Å². The second-order valence-corrected chi connectivity index (χ2v) is 6.07. The van der Waals surface area contributed by atoms with Crippen molar-refractivity contribution < 1.29 is 9.18 Å². The first kappa shape index (κ1) is 17.3. The SMILES string of the molecule is CCc1ncnc(N2CCCN(C(=O)Cc3cccnc3)CC2)c1F. The van der Waals surface area contributed by atoms with Gasteiger partial charge in [-0.15, -0.1) is 0 Å². The summed E-state index contributed by atoms with van der Waals surface area (Å²) in [6.07, 6.45) is 6.47. The topological polar surface area (TPSA) is 62.2 Å². The standard InChI is InChI=1S/C18H22FN5O/c1-2-15-17(19)18(22-13-21-15)24-8-4-7-23(9-10-24)16(25)11-14-5-3-6-20-12-14/h3,5-6,12-13H,2,4,7-11H2,1H3. The summed E-state index contributed by atoms with van der Waals surface area (Å²) >= 11 is 0. The number of aryl methyl sites for hydroxylation is 1. The minimum Gasteiger partial charge on any atom is -0.352 e. The third kappa shape index (κ3) is 4.10. The van der Waals surface area contributed by atoms with E-state index in [-0.39, 0.29) is 11.7 Å². The summed E-state index contributed by atoms with van der Waals surface area (Å²) in [6, 6.07) is 3.73. The number of nitrogens with zero attached hydrogens (tertiary/aromatic N) is 5. The van der Waals surface area contributed by atoms with E-state index in [0.717, 1.165) is 12.0 Å². The molecule has 1 aliphatic rings. The average Bonchev–Trinajstić information content (AvgIpc) is 2.89. The number of carbonyl (C=O) groups excluding carboxylic acids is 1. The van der Waals surface area contributed by atoms with Gasteiger partial charge in [0.1, 0.15) is 6.33 Å². The molecular formula is C18H22FN5O. The Morgan fingerprint density at radius 2 is 2.12 bits per heavy atom. The lowest BCUT2D eigenvalue weighted by molar-refractivity contribution is -0.130. The fourth-order valence-electron chi connectivity index (χ4n) is 3.03. The number of hydrogen-bond donors (Lipinski definition) is 0. The van der Waals surface area contributed by atoms with E-state index in [1.165, 1.54) is 6.33 Å². The Hall–Kier alpha value is -2.57. The van der Waals surface area contributed by atoms with E-state index < -0.39 is 0 Å². The number of hydrogen-bond acceptors (Lipinski definition) is 5. The first-order chi connectivity index (χ1) is 12.2. The molecule has 3 rings (SSSR count). The van der Waals surface area contributed by atoms with Crippen molar-refractivity contribution in [3.05, 3.63) is 47.9 Å². The van der Waals surface area contributed by atoms with E-state index in [1.807, 2.05) is 28.9 Å². The molecule has 0 N–H and O–H groups in total. The van der Waals surface area contributed by atoms with Crippen LogP contribution < -0.4 is 4.90 Å². The predicted molar refractivity (Wildman–Crippen MR) is 92.7 cm³/mol. The lowest BCUT2D eigenvalue weighted by atomic mass is 10.2. The van der Waals surface area contributed by atoms with Crippen molar-refractivity contribution in [2.75, 3.05) is 31.1 Å². The van der Waals surface area contributed by atoms with Gasteiger partial charge in [0.25, 0.3) is 0 Å². The van der Waals surface area contributed by atoms with Crippen LogP contribution in [0, 0.1) is 5.82 Å². The lowest BCUT2D eigenvalue weighted by Gasteiger charge is -2.23. The van der Waals surface area contributed by atoms with Crippen molar-refractivity contribution in [1.29, 1.82) is 0 Å². The van der Waals surface area contributed by atoms with Gasteiger partial charge in [0.05, 0.1) is 12.1 Å². The Morgan fingerprint density at radius 1 is 1.24 bits per heavy atom. The third-order valence-corrected chi connectivity index (χ3v) is 4.40. The normalized spacial score (nSPS) is 15.1. The number of amides is 1. The Labute approximate surface area is 146 Å². The van der Waals surface area contributed by atoms with Gasteiger partial charge in [0, 0.05) is 38.6 Å². The third-order valence-electron chi connectivity index (χ3n) is 4.40. The van der Waals surface area contributed by atoms with Gasteiger partial charge in [-0.2, -0.15) is 0 Å². The minimum atomic E-state index is -0.347. The van der Waals surface area contributed by atoms with E-state index >= 15 is 0 Å². The predicted octanol–water partition coefficient (Wildman–Crippen LogP) is 1.85. The van der Waals surface area contributed by atoms with Crippen molar-refractivity contribution >= 4 is 11.7 Å². The summed E-state index contributed by atoms with van der Waals surface area (Å²) in [5.74, 6) is 0.0702. The molecule has 0 aliphatic carbocycles. The molecule has 0 atom stereocenters. The molecule has 132 valence electrons. The zero-order valence-electron chi connectivity index (χ0n) is 14.4. The number of rotatable bonds is 4. The highest BCUT2D eigenvalue weighted by Crippen LogP contribution is 2.20. The molecule has 6 nitrogen and oxygen atoms in total. The van der Waals surface area contributed by atoms with Gasteiger partial charge in [-0.3, -0.25) is 9.78 Å². The summed E-state index contributed by atoms with van der Waals surface area (Å²) in [6.45, 7) is 4.34. The van der Waals surface area contributed by atoms with Crippen LogP contribution in [0.3, 0.4) is 0 Å². The molecule has 0 radical (unpaired) electrons. The van der Waals surface area contributed by atoms with Crippen molar-refractivity contribution in [2.45, 2.75) is 26.2 Å². The summed E-state index contributed by atoms with van der Waals surface area (Å²) in [5, 5.41) is 0. The summed E-state index contributed by atoms with van der Waals surface area (Å²) < 4.78 is 14.5. The maximum Gasteiger partial charge on any atom is 0.227 e. The van der Waals surface area contributed by atoms with Gasteiger partial charge < -0.3 is 9.80 Å². The monoisotopic (exact) mass is 343 g/mol. The number of aromatic nitrogens is 3. The van der Waals surface area contributed by atoms with Crippen molar-refractivity contribution in [3.8, 4) is 0 Å². The van der Waals surface area contributed by atoms with Crippen LogP contribution in [0.25, 0.3) is 0 Å². The fraction of sp³-hybridized carbons (Fsp3) is 0.444. The molecule has 2 aromatic rings.